The average molecular weight is 460 g/mol. The van der Waals surface area contributed by atoms with E-state index in [-0.39, 0.29) is 6.42 Å². The van der Waals surface area contributed by atoms with Crippen LogP contribution in [0.4, 0.5) is 11.4 Å². The van der Waals surface area contributed by atoms with Crippen LogP contribution in [0.1, 0.15) is 5.56 Å². The molecule has 0 atom stereocenters. The van der Waals surface area contributed by atoms with Gasteiger partial charge in [-0.1, -0.05) is 47.5 Å². The van der Waals surface area contributed by atoms with E-state index in [1.165, 1.54) is 0 Å². The number of hydrogen-bond acceptors (Lipinski definition) is 2. The number of halogens is 2. The molecule has 0 aliphatic heterocycles. The number of rotatable bonds is 4. The minimum absolute atomic E-state index is 0.0642. The zero-order valence-corrected chi connectivity index (χ0v) is 17.7. The van der Waals surface area contributed by atoms with Crippen LogP contribution in [0, 0.1) is 0 Å². The molecule has 0 saturated carbocycles. The number of aliphatic carboxylic acids is 1. The normalized spacial score (nSPS) is 10.0. The van der Waals surface area contributed by atoms with Gasteiger partial charge in [-0.05, 0) is 23.8 Å². The van der Waals surface area contributed by atoms with Gasteiger partial charge in [-0.3, -0.25) is 4.79 Å². The van der Waals surface area contributed by atoms with Crippen molar-refractivity contribution in [2.75, 3.05) is 5.32 Å². The van der Waals surface area contributed by atoms with Gasteiger partial charge in [-0.15, -0.1) is 0 Å². The molecule has 0 saturated heterocycles. The first-order chi connectivity index (χ1) is 10.8. The molecule has 2 aromatic rings. The summed E-state index contributed by atoms with van der Waals surface area (Å²) in [7, 11) is 0. The summed E-state index contributed by atoms with van der Waals surface area (Å²) in [4.78, 5) is 17.9. The molecule has 6 heteroatoms. The second-order valence-electron chi connectivity index (χ2n) is 5.45. The molecule has 1 radical (unpaired) electrons. The zero-order valence-electron chi connectivity index (χ0n) is 13.4. The maximum atomic E-state index is 10.8. The van der Waals surface area contributed by atoms with Crippen LogP contribution in [-0.4, -0.2) is 30.8 Å². The Hall–Kier alpha value is -0.911. The van der Waals surface area contributed by atoms with Crippen molar-refractivity contribution in [2.45, 2.75) is 21.2 Å². The second kappa shape index (κ2) is 10.1. The molecule has 0 bridgehead atoms. The van der Waals surface area contributed by atoms with E-state index in [0.29, 0.717) is 27.0 Å². The van der Waals surface area contributed by atoms with Crippen LogP contribution in [-0.2, 0) is 11.2 Å². The van der Waals surface area contributed by atoms with Crippen molar-refractivity contribution in [1.82, 2.24) is 0 Å². The number of para-hydroxylation sites is 2. The molecule has 0 aliphatic rings. The molecule has 0 heterocycles. The van der Waals surface area contributed by atoms with Crippen molar-refractivity contribution in [3.63, 3.8) is 0 Å². The van der Waals surface area contributed by atoms with Gasteiger partial charge in [-0.25, -0.2) is 0 Å². The average Bonchev–Trinajstić information content (AvgIpc) is 2.43. The zero-order chi connectivity index (χ0) is 17.4. The Morgan fingerprint density at radius 2 is 1.57 bits per heavy atom. The molecule has 0 amide bonds. The Balaban J connectivity index is 0.000000593. The van der Waals surface area contributed by atoms with E-state index in [4.69, 9.17) is 28.3 Å². The predicted octanol–water partition coefficient (Wildman–Crippen LogP) is 5.73. The standard InChI is InChI=1S/C14H11Cl2NO2.3CH3.Sn/c15-10-5-3-6-11(16)14(10)17-12-7-2-1-4-9(12)8-13(18)19;;;;/h1-7,17H,8H2,(H,18,19);3*1H3;. The van der Waals surface area contributed by atoms with Crippen LogP contribution in [0.3, 0.4) is 0 Å². The summed E-state index contributed by atoms with van der Waals surface area (Å²) in [5.74, 6) is -0.889. The Bertz CT molecular complexity index is 640. The van der Waals surface area contributed by atoms with Gasteiger partial charge in [-0.2, -0.15) is 0 Å². The van der Waals surface area contributed by atoms with Crippen molar-refractivity contribution in [2.24, 2.45) is 0 Å². The van der Waals surface area contributed by atoms with Gasteiger partial charge < -0.3 is 10.4 Å². The monoisotopic (exact) mass is 460 g/mol. The molecule has 0 fully saturated rings. The number of carboxylic acid groups (broad SMARTS) is 1. The first-order valence-electron chi connectivity index (χ1n) is 7.08. The molecular weight excluding hydrogens is 440 g/mol. The molecule has 2 aromatic carbocycles. The molecule has 2 rings (SSSR count). The molecule has 123 valence electrons. The van der Waals surface area contributed by atoms with E-state index in [9.17, 15) is 4.79 Å². The van der Waals surface area contributed by atoms with Crippen molar-refractivity contribution >= 4 is 60.3 Å². The van der Waals surface area contributed by atoms with Crippen molar-refractivity contribution < 1.29 is 9.90 Å². The number of anilines is 2. The number of carbonyl (C=O) groups is 1. The van der Waals surface area contributed by atoms with Crippen molar-refractivity contribution in [1.29, 1.82) is 0 Å². The van der Waals surface area contributed by atoms with Crippen LogP contribution in [0.15, 0.2) is 42.5 Å². The summed E-state index contributed by atoms with van der Waals surface area (Å²) in [6.45, 7) is 0. The predicted molar refractivity (Wildman–Crippen MR) is 101 cm³/mol. The van der Waals surface area contributed by atoms with Gasteiger partial charge >= 0.3 is 40.5 Å². The molecule has 0 unspecified atom stereocenters. The molecule has 23 heavy (non-hydrogen) atoms. The van der Waals surface area contributed by atoms with E-state index in [0.717, 1.165) is 0 Å². The van der Waals surface area contributed by atoms with Crippen LogP contribution in [0.5, 0.6) is 0 Å². The van der Waals surface area contributed by atoms with Gasteiger partial charge in [0, 0.05) is 5.69 Å². The summed E-state index contributed by atoms with van der Waals surface area (Å²) in [5.41, 5.74) is 1.93. The summed E-state index contributed by atoms with van der Waals surface area (Å²) >= 11 is 11.6. The first-order valence-corrected chi connectivity index (χ1v) is 16.4. The summed E-state index contributed by atoms with van der Waals surface area (Å²) in [6.07, 6.45) is -0.0642. The fraction of sp³-hybridized carbons (Fsp3) is 0.235. The molecule has 0 spiro atoms. The first kappa shape index (κ1) is 20.1. The van der Waals surface area contributed by atoms with Gasteiger partial charge in [0.2, 0.25) is 0 Å². The van der Waals surface area contributed by atoms with Crippen molar-refractivity contribution in [3.8, 4) is 0 Å². The maximum absolute atomic E-state index is 10.8. The van der Waals surface area contributed by atoms with Crippen molar-refractivity contribution in [3.05, 3.63) is 58.1 Å². The minimum atomic E-state index is -0.889. The third kappa shape index (κ3) is 7.46. The summed E-state index contributed by atoms with van der Waals surface area (Å²) < 4.78 is 0. The topological polar surface area (TPSA) is 49.3 Å². The molecular formula is C17H20Cl2NO2Sn. The Morgan fingerprint density at radius 3 is 2.09 bits per heavy atom. The Labute approximate surface area is 154 Å². The quantitative estimate of drug-likeness (QED) is 0.573. The number of nitrogens with one attached hydrogen (secondary N) is 1. The van der Waals surface area contributed by atoms with E-state index < -0.39 is 25.7 Å². The Kier molecular flexibility index (Phi) is 8.80. The fourth-order valence-corrected chi connectivity index (χ4v) is 2.20. The summed E-state index contributed by atoms with van der Waals surface area (Å²) in [5, 5.41) is 12.9. The molecule has 0 aromatic heterocycles. The third-order valence-corrected chi connectivity index (χ3v) is 3.21. The molecule has 2 N–H and O–H groups in total. The number of carboxylic acids is 1. The van der Waals surface area contributed by atoms with Crippen LogP contribution >= 0.6 is 23.2 Å². The fourth-order valence-electron chi connectivity index (χ4n) is 1.71. The number of hydrogen-bond donors (Lipinski definition) is 2. The third-order valence-electron chi connectivity index (χ3n) is 2.58. The van der Waals surface area contributed by atoms with Crippen LogP contribution in [0.2, 0.25) is 24.9 Å². The molecule has 3 nitrogen and oxygen atoms in total. The summed E-state index contributed by atoms with van der Waals surface area (Å²) in [6, 6.07) is 12.3. The van der Waals surface area contributed by atoms with Gasteiger partial charge in [0.15, 0.2) is 0 Å². The molecule has 0 aliphatic carbocycles. The SMILES string of the molecule is O=C(O)Cc1ccccc1Nc1c(Cl)cccc1Cl.[CH3][Sn]([CH3])[CH3]. The van der Waals surface area contributed by atoms with E-state index in [1.807, 2.05) is 6.07 Å². The van der Waals surface area contributed by atoms with Gasteiger partial charge in [0.25, 0.3) is 0 Å². The van der Waals surface area contributed by atoms with E-state index in [1.54, 1.807) is 36.4 Å². The van der Waals surface area contributed by atoms with Gasteiger partial charge in [0.1, 0.15) is 0 Å². The van der Waals surface area contributed by atoms with Crippen LogP contribution < -0.4 is 5.32 Å². The van der Waals surface area contributed by atoms with E-state index in [2.05, 4.69) is 20.1 Å². The second-order valence-corrected chi connectivity index (χ2v) is 14.8. The number of benzene rings is 2. The Morgan fingerprint density at radius 1 is 1.04 bits per heavy atom. The van der Waals surface area contributed by atoms with E-state index >= 15 is 0 Å². The van der Waals surface area contributed by atoms with Crippen LogP contribution in [0.25, 0.3) is 0 Å². The van der Waals surface area contributed by atoms with Gasteiger partial charge in [0.05, 0.1) is 22.2 Å².